The summed E-state index contributed by atoms with van der Waals surface area (Å²) in [6.45, 7) is 4.73. The largest absolute Gasteiger partial charge is 0.396 e. The van der Waals surface area contributed by atoms with E-state index in [2.05, 4.69) is 38.1 Å². The molecule has 1 aliphatic carbocycles. The maximum absolute atomic E-state index is 9.62. The number of aliphatic hydroxyl groups is 1. The number of rotatable bonds is 4. The van der Waals surface area contributed by atoms with Crippen LogP contribution in [0.25, 0.3) is 0 Å². The van der Waals surface area contributed by atoms with E-state index >= 15 is 0 Å². The Balaban J connectivity index is 2.13. The van der Waals surface area contributed by atoms with Crippen LogP contribution in [-0.4, -0.2) is 11.7 Å². The second-order valence-corrected chi connectivity index (χ2v) is 5.65. The lowest BCUT2D eigenvalue weighted by atomic mass is 9.85. The summed E-state index contributed by atoms with van der Waals surface area (Å²) in [6.07, 6.45) is 5.25. The lowest BCUT2D eigenvalue weighted by Crippen LogP contribution is -2.14. The molecule has 0 aromatic heterocycles. The monoisotopic (exact) mass is 232 g/mol. The van der Waals surface area contributed by atoms with E-state index in [1.54, 1.807) is 0 Å². The van der Waals surface area contributed by atoms with Gasteiger partial charge in [0.2, 0.25) is 0 Å². The molecule has 0 bridgehead atoms. The number of hydrogen-bond acceptors (Lipinski definition) is 1. The van der Waals surface area contributed by atoms with E-state index in [-0.39, 0.29) is 0 Å². The first kappa shape index (κ1) is 12.6. The lowest BCUT2D eigenvalue weighted by molar-refractivity contribution is 0.226. The molecule has 1 saturated carbocycles. The topological polar surface area (TPSA) is 20.2 Å². The molecule has 1 aliphatic rings. The van der Waals surface area contributed by atoms with E-state index < -0.39 is 0 Å². The van der Waals surface area contributed by atoms with Crippen molar-refractivity contribution in [3.05, 3.63) is 35.4 Å². The maximum atomic E-state index is 9.62. The minimum atomic E-state index is 0.297. The van der Waals surface area contributed by atoms with Gasteiger partial charge in [-0.05, 0) is 35.8 Å². The molecule has 0 amide bonds. The number of benzene rings is 1. The number of hydrogen-bond donors (Lipinski definition) is 1. The predicted molar refractivity (Wildman–Crippen MR) is 72.3 cm³/mol. The Morgan fingerprint density at radius 2 is 1.59 bits per heavy atom. The van der Waals surface area contributed by atoms with Crippen molar-refractivity contribution in [3.63, 3.8) is 0 Å². The van der Waals surface area contributed by atoms with Gasteiger partial charge < -0.3 is 5.11 Å². The summed E-state index contributed by atoms with van der Waals surface area (Å²) in [5, 5.41) is 9.62. The molecule has 0 heterocycles. The summed E-state index contributed by atoms with van der Waals surface area (Å²) >= 11 is 0. The van der Waals surface area contributed by atoms with Crippen molar-refractivity contribution in [1.29, 1.82) is 0 Å². The van der Waals surface area contributed by atoms with E-state index in [0.29, 0.717) is 24.4 Å². The normalized spacial score (nSPS) is 18.8. The zero-order valence-corrected chi connectivity index (χ0v) is 11.0. The summed E-state index contributed by atoms with van der Waals surface area (Å²) < 4.78 is 0. The SMILES string of the molecule is CC(C)c1ccc(C(CO)C2CCCC2)cc1. The Bertz CT molecular complexity index is 333. The third-order valence-corrected chi connectivity index (χ3v) is 4.20. The van der Waals surface area contributed by atoms with Crippen LogP contribution >= 0.6 is 0 Å². The third kappa shape index (κ3) is 2.90. The molecule has 1 atom stereocenters. The van der Waals surface area contributed by atoms with E-state index in [4.69, 9.17) is 0 Å². The van der Waals surface area contributed by atoms with Crippen molar-refractivity contribution in [3.8, 4) is 0 Å². The van der Waals surface area contributed by atoms with Gasteiger partial charge in [-0.15, -0.1) is 0 Å². The summed E-state index contributed by atoms with van der Waals surface area (Å²) in [5.74, 6) is 1.65. The quantitative estimate of drug-likeness (QED) is 0.829. The molecular weight excluding hydrogens is 208 g/mol. The molecule has 1 N–H and O–H groups in total. The van der Waals surface area contributed by atoms with Crippen LogP contribution in [-0.2, 0) is 0 Å². The smallest absolute Gasteiger partial charge is 0.0502 e. The first-order valence-electron chi connectivity index (χ1n) is 6.93. The van der Waals surface area contributed by atoms with Crippen LogP contribution in [0, 0.1) is 5.92 Å². The molecule has 1 heteroatoms. The average Bonchev–Trinajstić information content (AvgIpc) is 2.84. The van der Waals surface area contributed by atoms with Gasteiger partial charge in [0, 0.05) is 5.92 Å². The first-order chi connectivity index (χ1) is 8.22. The highest BCUT2D eigenvalue weighted by molar-refractivity contribution is 5.27. The highest BCUT2D eigenvalue weighted by Crippen LogP contribution is 2.37. The van der Waals surface area contributed by atoms with Crippen LogP contribution in [0.4, 0.5) is 0 Å². The summed E-state index contributed by atoms with van der Waals surface area (Å²) in [5.41, 5.74) is 2.71. The van der Waals surface area contributed by atoms with Gasteiger partial charge in [-0.2, -0.15) is 0 Å². The third-order valence-electron chi connectivity index (χ3n) is 4.20. The Morgan fingerprint density at radius 1 is 1.06 bits per heavy atom. The molecule has 1 fully saturated rings. The Labute approximate surface area is 105 Å². The molecule has 0 saturated heterocycles. The number of aliphatic hydroxyl groups excluding tert-OH is 1. The second kappa shape index (κ2) is 5.68. The molecule has 0 aliphatic heterocycles. The molecule has 1 nitrogen and oxygen atoms in total. The van der Waals surface area contributed by atoms with Gasteiger partial charge in [-0.1, -0.05) is 51.0 Å². The minimum Gasteiger partial charge on any atom is -0.396 e. The second-order valence-electron chi connectivity index (χ2n) is 5.65. The molecule has 94 valence electrons. The van der Waals surface area contributed by atoms with Crippen molar-refractivity contribution in [2.75, 3.05) is 6.61 Å². The standard InChI is InChI=1S/C16H24O/c1-12(2)13-7-9-15(10-8-13)16(11-17)14-5-3-4-6-14/h7-10,12,14,16-17H,3-6,11H2,1-2H3. The Hall–Kier alpha value is -0.820. The van der Waals surface area contributed by atoms with Crippen LogP contribution < -0.4 is 0 Å². The highest BCUT2D eigenvalue weighted by Gasteiger charge is 2.25. The fourth-order valence-corrected chi connectivity index (χ4v) is 3.01. The van der Waals surface area contributed by atoms with Gasteiger partial charge in [0.25, 0.3) is 0 Å². The highest BCUT2D eigenvalue weighted by atomic mass is 16.3. The van der Waals surface area contributed by atoms with Gasteiger partial charge in [-0.3, -0.25) is 0 Å². The summed E-state index contributed by atoms with van der Waals surface area (Å²) in [6, 6.07) is 8.87. The lowest BCUT2D eigenvalue weighted by Gasteiger charge is -2.22. The molecule has 1 aromatic rings. The van der Waals surface area contributed by atoms with Crippen molar-refractivity contribution in [1.82, 2.24) is 0 Å². The van der Waals surface area contributed by atoms with Crippen molar-refractivity contribution >= 4 is 0 Å². The fourth-order valence-electron chi connectivity index (χ4n) is 3.01. The van der Waals surface area contributed by atoms with E-state index in [1.165, 1.54) is 36.8 Å². The van der Waals surface area contributed by atoms with Crippen molar-refractivity contribution < 1.29 is 5.11 Å². The molecule has 1 unspecified atom stereocenters. The van der Waals surface area contributed by atoms with E-state index in [1.807, 2.05) is 0 Å². The Morgan fingerprint density at radius 3 is 2.06 bits per heavy atom. The Kier molecular flexibility index (Phi) is 4.22. The van der Waals surface area contributed by atoms with Crippen LogP contribution in [0.5, 0.6) is 0 Å². The van der Waals surface area contributed by atoms with Gasteiger partial charge in [0.05, 0.1) is 6.61 Å². The van der Waals surface area contributed by atoms with Crippen LogP contribution in [0.2, 0.25) is 0 Å². The van der Waals surface area contributed by atoms with Gasteiger partial charge in [0.1, 0.15) is 0 Å². The molecule has 17 heavy (non-hydrogen) atoms. The van der Waals surface area contributed by atoms with Gasteiger partial charge in [0.15, 0.2) is 0 Å². The molecule has 0 radical (unpaired) electrons. The molecule has 0 spiro atoms. The van der Waals surface area contributed by atoms with Gasteiger partial charge >= 0.3 is 0 Å². The summed E-state index contributed by atoms with van der Waals surface area (Å²) in [4.78, 5) is 0. The van der Waals surface area contributed by atoms with Crippen LogP contribution in [0.3, 0.4) is 0 Å². The maximum Gasteiger partial charge on any atom is 0.0502 e. The first-order valence-corrected chi connectivity index (χ1v) is 6.93. The zero-order valence-electron chi connectivity index (χ0n) is 11.0. The van der Waals surface area contributed by atoms with Crippen molar-refractivity contribution in [2.24, 2.45) is 5.92 Å². The van der Waals surface area contributed by atoms with Crippen molar-refractivity contribution in [2.45, 2.75) is 51.4 Å². The summed E-state index contributed by atoms with van der Waals surface area (Å²) in [7, 11) is 0. The average molecular weight is 232 g/mol. The van der Waals surface area contributed by atoms with Crippen LogP contribution in [0.1, 0.15) is 62.5 Å². The van der Waals surface area contributed by atoms with E-state index in [0.717, 1.165) is 0 Å². The molecular formula is C16H24O. The predicted octanol–water partition coefficient (Wildman–Crippen LogP) is 4.08. The van der Waals surface area contributed by atoms with Gasteiger partial charge in [-0.25, -0.2) is 0 Å². The zero-order chi connectivity index (χ0) is 12.3. The fraction of sp³-hybridized carbons (Fsp3) is 0.625. The molecule has 1 aromatic carbocycles. The molecule has 2 rings (SSSR count). The minimum absolute atomic E-state index is 0.297. The van der Waals surface area contributed by atoms with Crippen LogP contribution in [0.15, 0.2) is 24.3 Å². The van der Waals surface area contributed by atoms with E-state index in [9.17, 15) is 5.11 Å².